The number of carbonyl (C=O) groups excluding carboxylic acids is 1. The van der Waals surface area contributed by atoms with Crippen LogP contribution in [-0.4, -0.2) is 42.2 Å². The molecule has 0 spiro atoms. The molecule has 130 valence electrons. The molecule has 2 atom stereocenters. The van der Waals surface area contributed by atoms with Crippen molar-refractivity contribution >= 4 is 30.1 Å². The molecule has 1 aromatic heterocycles. The zero-order chi connectivity index (χ0) is 15.5. The van der Waals surface area contributed by atoms with E-state index in [1.807, 2.05) is 29.7 Å². The number of furan rings is 1. The minimum atomic E-state index is 0. The molecule has 6 heteroatoms. The van der Waals surface area contributed by atoms with Gasteiger partial charge in [0, 0.05) is 37.0 Å². The third-order valence-electron chi connectivity index (χ3n) is 4.84. The number of rotatable bonds is 6. The van der Waals surface area contributed by atoms with Crippen LogP contribution in [0.3, 0.4) is 0 Å². The topological polar surface area (TPSA) is 45.5 Å². The van der Waals surface area contributed by atoms with Crippen LogP contribution in [0.5, 0.6) is 0 Å². The monoisotopic (exact) mass is 358 g/mol. The van der Waals surface area contributed by atoms with Gasteiger partial charge in [-0.3, -0.25) is 4.79 Å². The Labute approximate surface area is 149 Å². The molecule has 0 aromatic carbocycles. The van der Waals surface area contributed by atoms with Gasteiger partial charge in [0.25, 0.3) is 5.91 Å². The largest absolute Gasteiger partial charge is 0.456 e. The molecule has 2 saturated heterocycles. The summed E-state index contributed by atoms with van der Waals surface area (Å²) in [4.78, 5) is 14.7. The summed E-state index contributed by atoms with van der Waals surface area (Å²) in [5.41, 5.74) is 1.17. The van der Waals surface area contributed by atoms with E-state index in [9.17, 15) is 4.79 Å². The number of nitrogens with one attached hydrogen (secondary N) is 1. The van der Waals surface area contributed by atoms with Crippen LogP contribution in [0.1, 0.15) is 48.1 Å². The van der Waals surface area contributed by atoms with Gasteiger partial charge < -0.3 is 14.6 Å². The second-order valence-electron chi connectivity index (χ2n) is 6.37. The first-order valence-electron chi connectivity index (χ1n) is 8.39. The zero-order valence-corrected chi connectivity index (χ0v) is 15.6. The van der Waals surface area contributed by atoms with E-state index in [4.69, 9.17) is 4.42 Å². The van der Waals surface area contributed by atoms with Crippen molar-refractivity contribution in [2.45, 2.75) is 44.9 Å². The van der Waals surface area contributed by atoms with E-state index in [0.29, 0.717) is 17.7 Å². The lowest BCUT2D eigenvalue weighted by molar-refractivity contribution is 0.0703. The zero-order valence-electron chi connectivity index (χ0n) is 14.0. The Morgan fingerprint density at radius 3 is 3.09 bits per heavy atom. The minimum absolute atomic E-state index is 0. The lowest BCUT2D eigenvalue weighted by Crippen LogP contribution is -2.38. The SMILES string of the molecule is CCCCSCc1cc(C(=O)N2CC[C@H]3CNC[C@H]32)oc1C.Cl. The Morgan fingerprint density at radius 1 is 1.48 bits per heavy atom. The van der Waals surface area contributed by atoms with Crippen molar-refractivity contribution in [2.24, 2.45) is 5.92 Å². The Bertz CT molecular complexity index is 535. The molecule has 3 heterocycles. The van der Waals surface area contributed by atoms with Gasteiger partial charge in [-0.05, 0) is 37.5 Å². The predicted octanol–water partition coefficient (Wildman–Crippen LogP) is 3.48. The van der Waals surface area contributed by atoms with E-state index in [0.717, 1.165) is 37.6 Å². The average molecular weight is 359 g/mol. The second kappa shape index (κ2) is 8.45. The molecule has 2 aliphatic heterocycles. The van der Waals surface area contributed by atoms with E-state index in [-0.39, 0.29) is 18.3 Å². The van der Waals surface area contributed by atoms with Crippen LogP contribution in [0.2, 0.25) is 0 Å². The molecular formula is C17H27ClN2O2S. The molecule has 0 bridgehead atoms. The fourth-order valence-corrected chi connectivity index (χ4v) is 4.58. The molecule has 1 aromatic rings. The number of amides is 1. The summed E-state index contributed by atoms with van der Waals surface area (Å²) in [6, 6.07) is 2.33. The van der Waals surface area contributed by atoms with Gasteiger partial charge in [-0.25, -0.2) is 0 Å². The van der Waals surface area contributed by atoms with E-state index in [1.54, 1.807) is 0 Å². The summed E-state index contributed by atoms with van der Waals surface area (Å²) < 4.78 is 5.77. The van der Waals surface area contributed by atoms with Crippen molar-refractivity contribution < 1.29 is 9.21 Å². The molecule has 1 N–H and O–H groups in total. The van der Waals surface area contributed by atoms with Gasteiger partial charge in [-0.1, -0.05) is 13.3 Å². The van der Waals surface area contributed by atoms with Gasteiger partial charge in [0.1, 0.15) is 5.76 Å². The predicted molar refractivity (Wildman–Crippen MR) is 97.6 cm³/mol. The van der Waals surface area contributed by atoms with E-state index in [2.05, 4.69) is 12.2 Å². The van der Waals surface area contributed by atoms with E-state index >= 15 is 0 Å². The standard InChI is InChI=1S/C17H26N2O2S.ClH/c1-3-4-7-22-11-14-8-16(21-12(14)2)17(20)19-6-5-13-9-18-10-15(13)19;/h8,13,15,18H,3-7,9-11H2,1-2H3;1H/t13-,15+;/m0./s1. The average Bonchev–Trinajstić information content (AvgIpc) is 3.18. The summed E-state index contributed by atoms with van der Waals surface area (Å²) >= 11 is 1.92. The maximum absolute atomic E-state index is 12.7. The lowest BCUT2D eigenvalue weighted by Gasteiger charge is -2.22. The van der Waals surface area contributed by atoms with Gasteiger partial charge in [0.05, 0.1) is 0 Å². The first-order valence-corrected chi connectivity index (χ1v) is 9.55. The number of nitrogens with zero attached hydrogens (tertiary/aromatic N) is 1. The highest BCUT2D eigenvalue weighted by atomic mass is 35.5. The highest BCUT2D eigenvalue weighted by Crippen LogP contribution is 2.30. The van der Waals surface area contributed by atoms with Gasteiger partial charge in [0.2, 0.25) is 0 Å². The number of fused-ring (bicyclic) bond motifs is 1. The van der Waals surface area contributed by atoms with Crippen molar-refractivity contribution in [1.29, 1.82) is 0 Å². The van der Waals surface area contributed by atoms with Gasteiger partial charge in [-0.2, -0.15) is 11.8 Å². The second-order valence-corrected chi connectivity index (χ2v) is 7.48. The Balaban J connectivity index is 0.00000192. The third-order valence-corrected chi connectivity index (χ3v) is 5.93. The van der Waals surface area contributed by atoms with E-state index in [1.165, 1.54) is 24.2 Å². The van der Waals surface area contributed by atoms with Crippen molar-refractivity contribution in [2.75, 3.05) is 25.4 Å². The number of aryl methyl sites for hydroxylation is 1. The summed E-state index contributed by atoms with van der Waals surface area (Å²) in [6.45, 7) is 7.02. The molecule has 0 aliphatic carbocycles. The third kappa shape index (κ3) is 4.06. The first-order chi connectivity index (χ1) is 10.7. The van der Waals surface area contributed by atoms with E-state index < -0.39 is 0 Å². The minimum Gasteiger partial charge on any atom is -0.456 e. The van der Waals surface area contributed by atoms with Crippen LogP contribution >= 0.6 is 24.2 Å². The van der Waals surface area contributed by atoms with Crippen molar-refractivity contribution in [1.82, 2.24) is 10.2 Å². The molecule has 0 saturated carbocycles. The van der Waals surface area contributed by atoms with Crippen LogP contribution in [0.4, 0.5) is 0 Å². The summed E-state index contributed by atoms with van der Waals surface area (Å²) in [7, 11) is 0. The quantitative estimate of drug-likeness (QED) is 0.791. The number of hydrogen-bond acceptors (Lipinski definition) is 4. The van der Waals surface area contributed by atoms with Crippen LogP contribution in [-0.2, 0) is 5.75 Å². The number of halogens is 1. The fraction of sp³-hybridized carbons (Fsp3) is 0.706. The van der Waals surface area contributed by atoms with Crippen LogP contribution in [0, 0.1) is 12.8 Å². The van der Waals surface area contributed by atoms with Crippen molar-refractivity contribution in [3.63, 3.8) is 0 Å². The lowest BCUT2D eigenvalue weighted by atomic mass is 10.1. The molecule has 0 radical (unpaired) electrons. The summed E-state index contributed by atoms with van der Waals surface area (Å²) in [5.74, 6) is 4.24. The number of thioether (sulfide) groups is 1. The Kier molecular flexibility index (Phi) is 6.86. The number of unbranched alkanes of at least 4 members (excludes halogenated alkanes) is 1. The molecule has 1 amide bonds. The van der Waals surface area contributed by atoms with Gasteiger partial charge in [0.15, 0.2) is 5.76 Å². The normalized spacial score (nSPS) is 23.0. The Hall–Kier alpha value is -0.650. The summed E-state index contributed by atoms with van der Waals surface area (Å²) in [5, 5.41) is 3.39. The van der Waals surface area contributed by atoms with Gasteiger partial charge in [-0.15, -0.1) is 12.4 Å². The molecule has 0 unspecified atom stereocenters. The highest BCUT2D eigenvalue weighted by Gasteiger charge is 2.40. The van der Waals surface area contributed by atoms with Crippen LogP contribution in [0.25, 0.3) is 0 Å². The molecule has 3 rings (SSSR count). The van der Waals surface area contributed by atoms with Crippen molar-refractivity contribution in [3.8, 4) is 0 Å². The molecule has 2 fully saturated rings. The van der Waals surface area contributed by atoms with Crippen LogP contribution < -0.4 is 5.32 Å². The molecule has 4 nitrogen and oxygen atoms in total. The molecule has 2 aliphatic rings. The fourth-order valence-electron chi connectivity index (χ4n) is 3.44. The maximum Gasteiger partial charge on any atom is 0.289 e. The highest BCUT2D eigenvalue weighted by molar-refractivity contribution is 7.98. The number of hydrogen-bond donors (Lipinski definition) is 1. The van der Waals surface area contributed by atoms with Crippen molar-refractivity contribution in [3.05, 3.63) is 23.2 Å². The smallest absolute Gasteiger partial charge is 0.289 e. The Morgan fingerprint density at radius 2 is 2.30 bits per heavy atom. The van der Waals surface area contributed by atoms with Crippen LogP contribution in [0.15, 0.2) is 10.5 Å². The first kappa shape index (κ1) is 18.7. The van der Waals surface area contributed by atoms with Gasteiger partial charge >= 0.3 is 0 Å². The maximum atomic E-state index is 12.7. The number of likely N-dealkylation sites (tertiary alicyclic amines) is 1. The molecule has 23 heavy (non-hydrogen) atoms. The number of carbonyl (C=O) groups is 1. The summed E-state index contributed by atoms with van der Waals surface area (Å²) in [6.07, 6.45) is 3.59. The molecular weight excluding hydrogens is 332 g/mol.